The Morgan fingerprint density at radius 1 is 0.820 bits per heavy atom. The van der Waals surface area contributed by atoms with Gasteiger partial charge in [0.2, 0.25) is 5.91 Å². The van der Waals surface area contributed by atoms with Crippen LogP contribution in [0.5, 0.6) is 23.0 Å². The number of hydrogen-bond donors (Lipinski definition) is 1. The van der Waals surface area contributed by atoms with E-state index in [-0.39, 0.29) is 24.8 Å². The van der Waals surface area contributed by atoms with E-state index in [1.165, 1.54) is 0 Å². The first-order valence-electron chi connectivity index (χ1n) is 15.7. The van der Waals surface area contributed by atoms with Crippen molar-refractivity contribution in [1.82, 2.24) is 0 Å². The number of nitrogens with zero attached hydrogens (tertiary/aromatic N) is 4. The number of rotatable bonds is 8. The smallest absolute Gasteiger partial charge is 0.252 e. The minimum absolute atomic E-state index is 0.0218. The molecule has 2 heterocycles. The number of nitriles is 1. The van der Waals surface area contributed by atoms with Crippen molar-refractivity contribution >= 4 is 50.5 Å². The second-order valence-electron chi connectivity index (χ2n) is 11.0. The van der Waals surface area contributed by atoms with Gasteiger partial charge in [0.25, 0.3) is 5.91 Å². The van der Waals surface area contributed by atoms with Gasteiger partial charge in [-0.05, 0) is 25.1 Å². The fourth-order valence-electron chi connectivity index (χ4n) is 5.72. The Bertz CT molecular complexity index is 2010. The normalized spacial score (nSPS) is 14.9. The maximum Gasteiger partial charge on any atom is 0.252 e. The van der Waals surface area contributed by atoms with E-state index in [1.807, 2.05) is 73.7 Å². The average molecular weight is 739 g/mol. The maximum absolute atomic E-state index is 13.1. The molecule has 4 aromatic rings. The van der Waals surface area contributed by atoms with Crippen LogP contribution in [0.4, 0.5) is 11.4 Å². The molecule has 0 aromatic heterocycles. The second-order valence-corrected chi connectivity index (χ2v) is 11.8. The van der Waals surface area contributed by atoms with Crippen LogP contribution in [0, 0.1) is 11.3 Å². The van der Waals surface area contributed by atoms with Crippen molar-refractivity contribution in [3.63, 3.8) is 0 Å². The van der Waals surface area contributed by atoms with Crippen LogP contribution in [0.2, 0.25) is 0 Å². The number of nitrogens with one attached hydrogen (secondary N) is 1. The average Bonchev–Trinajstić information content (AvgIpc) is 3.37. The van der Waals surface area contributed by atoms with Gasteiger partial charge in [0.15, 0.2) is 23.0 Å². The largest absolute Gasteiger partial charge is 0.493 e. The van der Waals surface area contributed by atoms with Gasteiger partial charge in [0.05, 0.1) is 63.7 Å². The lowest BCUT2D eigenvalue weighted by Gasteiger charge is -2.24. The quantitative estimate of drug-likeness (QED) is 0.220. The second kappa shape index (κ2) is 16.2. The van der Waals surface area contributed by atoms with Crippen LogP contribution < -0.4 is 29.2 Å². The predicted molar refractivity (Wildman–Crippen MR) is 196 cm³/mol. The molecule has 0 bridgehead atoms. The van der Waals surface area contributed by atoms with Crippen LogP contribution in [0.25, 0.3) is 0 Å². The number of benzodiazepines with no additional fused rings is 2. The lowest BCUT2D eigenvalue weighted by Crippen LogP contribution is -2.37. The summed E-state index contributed by atoms with van der Waals surface area (Å²) in [5, 5.41) is 12.1. The summed E-state index contributed by atoms with van der Waals surface area (Å²) >= 11 is 3.55. The molecule has 4 aromatic carbocycles. The minimum atomic E-state index is -0.755. The molecule has 50 heavy (non-hydrogen) atoms. The Labute approximate surface area is 299 Å². The molecule has 0 fully saturated rings. The van der Waals surface area contributed by atoms with Gasteiger partial charge in [0.1, 0.15) is 12.6 Å². The number of benzene rings is 4. The SMILES string of the molecule is CCN1C(=O)C(CC#N)N=C(c2ccccc2)c2cc(OC)c(OC)cc21.COc1cc2c(cc1OC)C(c1ccccc1Br)=NCC(=O)N2. The number of methoxy groups -OCH3 is 4. The topological polar surface area (TPSA) is 135 Å². The third kappa shape index (κ3) is 7.33. The van der Waals surface area contributed by atoms with E-state index in [9.17, 15) is 14.9 Å². The molecule has 2 aliphatic heterocycles. The minimum Gasteiger partial charge on any atom is -0.493 e. The molecule has 12 heteroatoms. The molecular weight excluding hydrogens is 702 g/mol. The van der Waals surface area contributed by atoms with Crippen LogP contribution in [0.1, 0.15) is 35.6 Å². The van der Waals surface area contributed by atoms with Gasteiger partial charge in [-0.15, -0.1) is 0 Å². The molecule has 1 N–H and O–H groups in total. The van der Waals surface area contributed by atoms with E-state index in [0.717, 1.165) is 32.4 Å². The van der Waals surface area contributed by atoms with Crippen molar-refractivity contribution in [2.45, 2.75) is 19.4 Å². The number of fused-ring (bicyclic) bond motifs is 2. The summed E-state index contributed by atoms with van der Waals surface area (Å²) < 4.78 is 22.5. The molecule has 1 unspecified atom stereocenters. The van der Waals surface area contributed by atoms with E-state index in [2.05, 4.69) is 32.3 Å². The van der Waals surface area contributed by atoms with Crippen molar-refractivity contribution in [3.05, 3.63) is 106 Å². The van der Waals surface area contributed by atoms with Gasteiger partial charge in [-0.2, -0.15) is 5.26 Å². The van der Waals surface area contributed by atoms with E-state index in [4.69, 9.17) is 23.9 Å². The molecule has 2 aliphatic rings. The van der Waals surface area contributed by atoms with Crippen molar-refractivity contribution in [2.75, 3.05) is 51.7 Å². The Hall–Kier alpha value is -5.67. The Morgan fingerprint density at radius 3 is 2.04 bits per heavy atom. The first-order valence-corrected chi connectivity index (χ1v) is 16.5. The lowest BCUT2D eigenvalue weighted by atomic mass is 9.99. The number of likely N-dealkylation sites (N-methyl/N-ethyl adjacent to an activating group) is 1. The van der Waals surface area contributed by atoms with Crippen molar-refractivity contribution in [3.8, 4) is 29.1 Å². The summed E-state index contributed by atoms with van der Waals surface area (Å²) in [6.07, 6.45) is 0.0218. The first kappa shape index (κ1) is 35.6. The number of aliphatic imine (C=N–C) groups is 2. The highest BCUT2D eigenvalue weighted by atomic mass is 79.9. The molecular formula is C38H36BrN5O6. The molecule has 2 amide bonds. The highest BCUT2D eigenvalue weighted by Crippen LogP contribution is 2.39. The summed E-state index contributed by atoms with van der Waals surface area (Å²) in [7, 11) is 6.27. The zero-order chi connectivity index (χ0) is 35.8. The number of amides is 2. The molecule has 1 atom stereocenters. The number of anilines is 2. The zero-order valence-electron chi connectivity index (χ0n) is 28.3. The van der Waals surface area contributed by atoms with Crippen LogP contribution in [0.3, 0.4) is 0 Å². The zero-order valence-corrected chi connectivity index (χ0v) is 29.9. The predicted octanol–water partition coefficient (Wildman–Crippen LogP) is 6.45. The number of carbonyl (C=O) groups excluding carboxylic acids is 2. The summed E-state index contributed by atoms with van der Waals surface area (Å²) in [4.78, 5) is 35.8. The number of halogens is 1. The molecule has 0 saturated heterocycles. The van der Waals surface area contributed by atoms with Gasteiger partial charge in [-0.25, -0.2) is 0 Å². The summed E-state index contributed by atoms with van der Waals surface area (Å²) in [5.74, 6) is 1.87. The van der Waals surface area contributed by atoms with Gasteiger partial charge in [-0.3, -0.25) is 19.6 Å². The van der Waals surface area contributed by atoms with Gasteiger partial charge >= 0.3 is 0 Å². The van der Waals surface area contributed by atoms with Crippen LogP contribution in [0.15, 0.2) is 93.3 Å². The van der Waals surface area contributed by atoms with Crippen molar-refractivity contribution in [1.29, 1.82) is 5.26 Å². The molecule has 0 radical (unpaired) electrons. The highest BCUT2D eigenvalue weighted by Gasteiger charge is 2.32. The fourth-order valence-corrected chi connectivity index (χ4v) is 6.19. The summed E-state index contributed by atoms with van der Waals surface area (Å²) in [6.45, 7) is 2.42. The third-order valence-corrected chi connectivity index (χ3v) is 8.79. The van der Waals surface area contributed by atoms with E-state index >= 15 is 0 Å². The van der Waals surface area contributed by atoms with Crippen LogP contribution >= 0.6 is 15.9 Å². The van der Waals surface area contributed by atoms with Crippen LogP contribution in [-0.4, -0.2) is 70.8 Å². The van der Waals surface area contributed by atoms with Gasteiger partial charge in [0, 0.05) is 45.4 Å². The lowest BCUT2D eigenvalue weighted by molar-refractivity contribution is -0.119. The van der Waals surface area contributed by atoms with E-state index in [0.29, 0.717) is 46.6 Å². The van der Waals surface area contributed by atoms with Gasteiger partial charge < -0.3 is 29.2 Å². The molecule has 256 valence electrons. The molecule has 0 spiro atoms. The maximum atomic E-state index is 13.1. The standard InChI is InChI=1S/C21H21N3O3.C17H15BrN2O3/c1-4-24-17-13-19(27-3)18(26-2)12-15(17)20(14-8-6-5-7-9-14)23-16(10-11-22)21(24)25;1-22-14-7-11-13(8-15(14)23-2)20-16(21)9-19-17(11)10-5-3-4-6-12(10)18/h5-9,12-13,16H,4,10H2,1-3H3;3-8H,9H2,1-2H3,(H,20,21). The Balaban J connectivity index is 0.000000197. The van der Waals surface area contributed by atoms with Crippen molar-refractivity contribution in [2.24, 2.45) is 9.98 Å². The Kier molecular flexibility index (Phi) is 11.5. The Morgan fingerprint density at radius 2 is 1.42 bits per heavy atom. The molecule has 0 saturated carbocycles. The molecule has 11 nitrogen and oxygen atoms in total. The summed E-state index contributed by atoms with van der Waals surface area (Å²) in [6, 6.07) is 25.9. The van der Waals surface area contributed by atoms with E-state index in [1.54, 1.807) is 45.5 Å². The van der Waals surface area contributed by atoms with Gasteiger partial charge in [-0.1, -0.05) is 64.5 Å². The number of hydrogen-bond acceptors (Lipinski definition) is 9. The number of ether oxygens (including phenoxy) is 4. The highest BCUT2D eigenvalue weighted by molar-refractivity contribution is 9.10. The first-order chi connectivity index (χ1) is 24.3. The van der Waals surface area contributed by atoms with E-state index < -0.39 is 6.04 Å². The molecule has 0 aliphatic carbocycles. The monoisotopic (exact) mass is 737 g/mol. The fraction of sp³-hybridized carbons (Fsp3) is 0.237. The van der Waals surface area contributed by atoms with Crippen molar-refractivity contribution < 1.29 is 28.5 Å². The van der Waals surface area contributed by atoms with Crippen LogP contribution in [-0.2, 0) is 9.59 Å². The third-order valence-electron chi connectivity index (χ3n) is 8.09. The summed E-state index contributed by atoms with van der Waals surface area (Å²) in [5.41, 5.74) is 6.10. The number of carbonyl (C=O) groups is 2. The molecule has 6 rings (SSSR count).